The van der Waals surface area contributed by atoms with Gasteiger partial charge >= 0.3 is 0 Å². The van der Waals surface area contributed by atoms with Crippen LogP contribution < -0.4 is 10.5 Å². The van der Waals surface area contributed by atoms with Crippen molar-refractivity contribution in [2.75, 3.05) is 0 Å². The molecule has 290 valence electrons. The smallest absolute Gasteiger partial charge is 0.136 e. The molecule has 0 fully saturated rings. The molecule has 1 unspecified atom stereocenters. The highest BCUT2D eigenvalue weighted by Crippen LogP contribution is 2.42. The molecule has 11 rings (SSSR count). The van der Waals surface area contributed by atoms with Crippen LogP contribution in [0.4, 0.5) is 0 Å². The van der Waals surface area contributed by atoms with Gasteiger partial charge in [0.15, 0.2) is 0 Å². The third-order valence-corrected chi connectivity index (χ3v) is 11.9. The molecular weight excluding hydrogens is 743 g/mol. The van der Waals surface area contributed by atoms with Crippen LogP contribution in [0.15, 0.2) is 223 Å². The molecule has 61 heavy (non-hydrogen) atoms. The van der Waals surface area contributed by atoms with Crippen LogP contribution in [0.2, 0.25) is 0 Å². The fourth-order valence-electron chi connectivity index (χ4n) is 8.95. The zero-order valence-electron chi connectivity index (χ0n) is 33.4. The Balaban J connectivity index is 0.947. The van der Waals surface area contributed by atoms with E-state index in [0.29, 0.717) is 12.3 Å². The first-order valence-corrected chi connectivity index (χ1v) is 20.8. The Morgan fingerprint density at radius 3 is 1.97 bits per heavy atom. The molecule has 0 saturated heterocycles. The molecule has 0 radical (unpaired) electrons. The first kappa shape index (κ1) is 36.2. The lowest BCUT2D eigenvalue weighted by molar-refractivity contribution is 0.293. The summed E-state index contributed by atoms with van der Waals surface area (Å²) in [7, 11) is 0. The number of amidine groups is 1. The van der Waals surface area contributed by atoms with Crippen molar-refractivity contribution in [3.63, 3.8) is 0 Å². The van der Waals surface area contributed by atoms with Gasteiger partial charge in [-0.05, 0) is 81.4 Å². The van der Waals surface area contributed by atoms with Crippen molar-refractivity contribution in [1.82, 2.24) is 4.57 Å². The van der Waals surface area contributed by atoms with E-state index in [0.717, 1.165) is 66.9 Å². The van der Waals surface area contributed by atoms with Gasteiger partial charge in [-0.1, -0.05) is 182 Å². The average molecular weight is 784 g/mol. The fraction of sp³-hybridized carbons (Fsp3) is 0.0351. The number of aliphatic imine (C=N–C) groups is 1. The molecule has 2 heterocycles. The van der Waals surface area contributed by atoms with E-state index in [1.165, 1.54) is 32.9 Å². The Labute approximate surface area is 355 Å². The molecule has 1 aromatic heterocycles. The van der Waals surface area contributed by atoms with Gasteiger partial charge < -0.3 is 15.0 Å². The zero-order chi connectivity index (χ0) is 40.7. The molecule has 1 atom stereocenters. The molecule has 0 spiro atoms. The first-order valence-electron chi connectivity index (χ1n) is 20.8. The van der Waals surface area contributed by atoms with Gasteiger partial charge in [0.05, 0.1) is 16.7 Å². The molecule has 1 aliphatic heterocycles. The number of hydrogen-bond acceptors (Lipinski definition) is 2. The van der Waals surface area contributed by atoms with Crippen LogP contribution in [-0.2, 0) is 6.42 Å². The van der Waals surface area contributed by atoms with Crippen molar-refractivity contribution in [3.8, 4) is 33.7 Å². The number of nitrogens with two attached hydrogens (primary N) is 1. The van der Waals surface area contributed by atoms with E-state index in [4.69, 9.17) is 15.5 Å². The van der Waals surface area contributed by atoms with Crippen molar-refractivity contribution in [3.05, 3.63) is 241 Å². The molecule has 4 heteroatoms. The highest BCUT2D eigenvalue weighted by atomic mass is 16.5. The topological polar surface area (TPSA) is 52.5 Å². The molecule has 2 N–H and O–H groups in total. The maximum atomic E-state index is 6.76. The lowest BCUT2D eigenvalue weighted by atomic mass is 9.93. The monoisotopic (exact) mass is 783 g/mol. The Hall–Kier alpha value is -7.95. The van der Waals surface area contributed by atoms with E-state index in [1.807, 2.05) is 30.3 Å². The maximum absolute atomic E-state index is 6.76. The molecule has 0 amide bonds. The van der Waals surface area contributed by atoms with E-state index in [2.05, 4.69) is 193 Å². The van der Waals surface area contributed by atoms with Crippen molar-refractivity contribution in [2.24, 2.45) is 10.7 Å². The maximum Gasteiger partial charge on any atom is 0.136 e. The lowest BCUT2D eigenvalue weighted by Crippen LogP contribution is -2.16. The summed E-state index contributed by atoms with van der Waals surface area (Å²) in [6, 6.07) is 64.4. The Kier molecular flexibility index (Phi) is 9.09. The minimum atomic E-state index is -0.0756. The predicted molar refractivity (Wildman–Crippen MR) is 255 cm³/mol. The minimum absolute atomic E-state index is 0.0756. The molecular formula is C57H41N3O. The van der Waals surface area contributed by atoms with Crippen LogP contribution >= 0.6 is 0 Å². The van der Waals surface area contributed by atoms with Crippen LogP contribution in [0.25, 0.3) is 71.8 Å². The fourth-order valence-corrected chi connectivity index (χ4v) is 8.95. The summed E-state index contributed by atoms with van der Waals surface area (Å²) in [5, 5.41) is 4.79. The highest BCUT2D eigenvalue weighted by molar-refractivity contribution is 6.09. The summed E-state index contributed by atoms with van der Waals surface area (Å²) in [5.74, 6) is 1.40. The summed E-state index contributed by atoms with van der Waals surface area (Å²) in [5.41, 5.74) is 21.0. The van der Waals surface area contributed by atoms with Gasteiger partial charge in [0.25, 0.3) is 0 Å². The summed E-state index contributed by atoms with van der Waals surface area (Å²) in [4.78, 5) is 5.14. The van der Waals surface area contributed by atoms with E-state index in [9.17, 15) is 0 Å². The summed E-state index contributed by atoms with van der Waals surface area (Å²) in [6.07, 6.45) is 13.4. The van der Waals surface area contributed by atoms with Gasteiger partial charge in [0.2, 0.25) is 0 Å². The van der Waals surface area contributed by atoms with E-state index < -0.39 is 0 Å². The molecule has 8 aromatic carbocycles. The Bertz CT molecular complexity index is 3240. The van der Waals surface area contributed by atoms with Gasteiger partial charge in [0, 0.05) is 38.7 Å². The minimum Gasteiger partial charge on any atom is -0.481 e. The summed E-state index contributed by atoms with van der Waals surface area (Å²) >= 11 is 0. The number of allylic oxidation sites excluding steroid dienone is 5. The molecule has 9 aromatic rings. The van der Waals surface area contributed by atoms with Crippen molar-refractivity contribution in [2.45, 2.75) is 12.5 Å². The van der Waals surface area contributed by atoms with Crippen LogP contribution in [0.3, 0.4) is 0 Å². The number of fused-ring (bicyclic) bond motifs is 7. The van der Waals surface area contributed by atoms with Crippen molar-refractivity contribution >= 4 is 49.7 Å². The zero-order valence-corrected chi connectivity index (χ0v) is 33.4. The molecule has 0 saturated carbocycles. The predicted octanol–water partition coefficient (Wildman–Crippen LogP) is 13.5. The SMILES string of the molecule is NC(=N/C(=C\Cc1ccc(-c2cccc3c2OC2C=CC=CC3=C2)cc1)c1ccc(-c2ccc(-n3c4ccccc4c4ccccc43)cc2)c2ccccc12)c1ccccc1. The quantitative estimate of drug-likeness (QED) is 0.123. The summed E-state index contributed by atoms with van der Waals surface area (Å²) < 4.78 is 8.84. The van der Waals surface area contributed by atoms with Crippen LogP contribution in [0, 0.1) is 0 Å². The largest absolute Gasteiger partial charge is 0.481 e. The number of nitrogens with zero attached hydrogens (tertiary/aromatic N) is 2. The van der Waals surface area contributed by atoms with E-state index in [-0.39, 0.29) is 6.10 Å². The molecule has 4 nitrogen and oxygen atoms in total. The standard InChI is InChI=1S/C57H41N3O/c58-57(41-13-2-1-3-14-41)59-53(36-27-38-25-28-40(29-26-38)46-21-12-22-47-42-15-4-5-16-44(37-42)61-56(46)47)50-35-34-45(48-17-6-7-18-49(48)50)39-30-32-43(33-31-39)60-54-23-10-8-19-51(54)52-20-9-11-24-55(52)60/h1-26,28-37,44H,27H2,(H2,58,59)/b53-36-. The van der Waals surface area contributed by atoms with Crippen LogP contribution in [-0.4, -0.2) is 16.5 Å². The van der Waals surface area contributed by atoms with Gasteiger partial charge in [-0.3, -0.25) is 0 Å². The van der Waals surface area contributed by atoms with Gasteiger partial charge in [-0.2, -0.15) is 0 Å². The van der Waals surface area contributed by atoms with Gasteiger partial charge in [-0.25, -0.2) is 4.99 Å². The third-order valence-electron chi connectivity index (χ3n) is 11.9. The number of para-hydroxylation sites is 3. The normalized spacial score (nSPS) is 14.8. The Morgan fingerprint density at radius 1 is 0.574 bits per heavy atom. The first-order chi connectivity index (χ1) is 30.2. The second-order valence-corrected chi connectivity index (χ2v) is 15.6. The second kappa shape index (κ2) is 15.3. The van der Waals surface area contributed by atoms with Crippen molar-refractivity contribution < 1.29 is 4.74 Å². The number of hydrogen-bond donors (Lipinski definition) is 1. The molecule has 2 bridgehead atoms. The molecule has 2 aliphatic rings. The highest BCUT2D eigenvalue weighted by Gasteiger charge is 2.22. The van der Waals surface area contributed by atoms with Gasteiger partial charge in [-0.15, -0.1) is 0 Å². The molecule has 1 aliphatic carbocycles. The van der Waals surface area contributed by atoms with Crippen LogP contribution in [0.5, 0.6) is 5.75 Å². The lowest BCUT2D eigenvalue weighted by Gasteiger charge is -2.24. The van der Waals surface area contributed by atoms with E-state index >= 15 is 0 Å². The van der Waals surface area contributed by atoms with Gasteiger partial charge in [0.1, 0.15) is 17.7 Å². The average Bonchev–Trinajstić information content (AvgIpc) is 3.53. The number of aromatic nitrogens is 1. The number of rotatable bonds is 8. The second-order valence-electron chi connectivity index (χ2n) is 15.6. The van der Waals surface area contributed by atoms with E-state index in [1.54, 1.807) is 0 Å². The van der Waals surface area contributed by atoms with Crippen molar-refractivity contribution in [1.29, 1.82) is 0 Å². The summed E-state index contributed by atoms with van der Waals surface area (Å²) in [6.45, 7) is 0. The third kappa shape index (κ3) is 6.65. The van der Waals surface area contributed by atoms with Crippen LogP contribution in [0.1, 0.15) is 22.3 Å². The number of benzene rings is 8. The number of ether oxygens (including phenoxy) is 1. The Morgan fingerprint density at radius 2 is 1.21 bits per heavy atom.